The third-order valence-electron chi connectivity index (χ3n) is 6.04. The van der Waals surface area contributed by atoms with Gasteiger partial charge in [-0.25, -0.2) is 13.4 Å². The van der Waals surface area contributed by atoms with Gasteiger partial charge in [-0.2, -0.15) is 4.39 Å². The number of halogens is 1. The van der Waals surface area contributed by atoms with Crippen molar-refractivity contribution < 1.29 is 22.3 Å². The van der Waals surface area contributed by atoms with Gasteiger partial charge in [0.25, 0.3) is 0 Å². The minimum absolute atomic E-state index is 0.221. The number of ether oxygens (including phenoxy) is 1. The summed E-state index contributed by atoms with van der Waals surface area (Å²) in [5, 5.41) is 2.18. The second-order valence-corrected chi connectivity index (χ2v) is 11.2. The number of nitrogens with one attached hydrogen (secondary N) is 1. The lowest BCUT2D eigenvalue weighted by Gasteiger charge is -2.27. The van der Waals surface area contributed by atoms with Gasteiger partial charge in [-0.05, 0) is 55.7 Å². The predicted molar refractivity (Wildman–Crippen MR) is 113 cm³/mol. The van der Waals surface area contributed by atoms with Crippen molar-refractivity contribution in [2.24, 2.45) is 5.92 Å². The lowest BCUT2D eigenvalue weighted by Crippen LogP contribution is -2.28. The highest BCUT2D eigenvalue weighted by Crippen LogP contribution is 2.34. The topological polar surface area (TPSA) is 85.4 Å². The van der Waals surface area contributed by atoms with Crippen LogP contribution >= 0.6 is 11.3 Å². The Kier molecular flexibility index (Phi) is 6.50. The molecule has 4 rings (SSSR count). The molecule has 0 bridgehead atoms. The maximum absolute atomic E-state index is 13.3. The van der Waals surface area contributed by atoms with Crippen molar-refractivity contribution in [3.8, 4) is 0 Å². The molecule has 2 aromatic rings. The predicted octanol–water partition coefficient (Wildman–Crippen LogP) is 4.15. The fraction of sp³-hybridized carbons (Fsp3) is 0.524. The highest BCUT2D eigenvalue weighted by atomic mass is 32.2. The molecule has 1 aliphatic carbocycles. The number of sulfone groups is 1. The molecule has 2 aliphatic rings. The van der Waals surface area contributed by atoms with Gasteiger partial charge in [0, 0.05) is 13.2 Å². The van der Waals surface area contributed by atoms with E-state index in [1.165, 1.54) is 0 Å². The monoisotopic (exact) mass is 452 g/mol. The van der Waals surface area contributed by atoms with E-state index >= 15 is 0 Å². The van der Waals surface area contributed by atoms with Crippen molar-refractivity contribution in [2.45, 2.75) is 54.6 Å². The van der Waals surface area contributed by atoms with Gasteiger partial charge in [-0.1, -0.05) is 29.9 Å². The Labute approximate surface area is 179 Å². The van der Waals surface area contributed by atoms with Crippen LogP contribution < -0.4 is 5.32 Å². The van der Waals surface area contributed by atoms with Gasteiger partial charge in [-0.3, -0.25) is 4.79 Å². The first kappa shape index (κ1) is 21.4. The Morgan fingerprint density at radius 3 is 2.47 bits per heavy atom. The van der Waals surface area contributed by atoms with Crippen molar-refractivity contribution in [2.75, 3.05) is 18.5 Å². The Hall–Kier alpha value is -1.84. The molecule has 30 heavy (non-hydrogen) atoms. The van der Waals surface area contributed by atoms with E-state index < -0.39 is 20.9 Å². The van der Waals surface area contributed by atoms with Gasteiger partial charge >= 0.3 is 0 Å². The number of carbonyl (C=O) groups excluding carboxylic acids is 1. The van der Waals surface area contributed by atoms with E-state index in [9.17, 15) is 17.6 Å². The van der Waals surface area contributed by atoms with E-state index in [0.717, 1.165) is 42.4 Å². The fourth-order valence-electron chi connectivity index (χ4n) is 3.98. The molecule has 1 unspecified atom stereocenters. The number of carbonyl (C=O) groups is 1. The van der Waals surface area contributed by atoms with Gasteiger partial charge in [-0.15, -0.1) is 0 Å². The molecule has 9 heteroatoms. The third-order valence-corrected chi connectivity index (χ3v) is 9.02. The van der Waals surface area contributed by atoms with E-state index in [2.05, 4.69) is 10.3 Å². The first-order chi connectivity index (χ1) is 14.4. The Morgan fingerprint density at radius 1 is 1.20 bits per heavy atom. The molecule has 1 saturated heterocycles. The fourth-order valence-corrected chi connectivity index (χ4v) is 6.38. The van der Waals surface area contributed by atoms with Crippen molar-refractivity contribution in [1.29, 1.82) is 0 Å². The largest absolute Gasteiger partial charge is 0.381 e. The van der Waals surface area contributed by atoms with Crippen LogP contribution in [0.1, 0.15) is 50.0 Å². The van der Waals surface area contributed by atoms with Crippen LogP contribution in [0.15, 0.2) is 35.4 Å². The number of rotatable bonds is 7. The smallest absolute Gasteiger partial charge is 0.233 e. The number of anilines is 1. The summed E-state index contributed by atoms with van der Waals surface area (Å²) in [6, 6.07) is 6.68. The second-order valence-electron chi connectivity index (χ2n) is 7.97. The molecule has 0 spiro atoms. The minimum Gasteiger partial charge on any atom is -0.381 e. The molecule has 6 nitrogen and oxygen atoms in total. The van der Waals surface area contributed by atoms with E-state index in [4.69, 9.17) is 4.74 Å². The lowest BCUT2D eigenvalue weighted by molar-refractivity contribution is -0.118. The summed E-state index contributed by atoms with van der Waals surface area (Å²) in [7, 11) is -3.31. The van der Waals surface area contributed by atoms with Crippen LogP contribution in [0.2, 0.25) is 0 Å². The standard InChI is InChI=1S/C21H25FN2O4S2/c22-19-13-23-21(29-19)24-20(25)18(12-14-8-10-28-11-9-14)15-4-6-17(7-5-15)30(26,27)16-2-1-3-16/h4-7,13-14,16,18H,1-3,8-12H2,(H,23,24,25). The number of benzene rings is 1. The first-order valence-electron chi connectivity index (χ1n) is 10.3. The number of thiazole rings is 1. The first-order valence-corrected chi connectivity index (χ1v) is 12.6. The molecule has 1 amide bonds. The van der Waals surface area contributed by atoms with Crippen molar-refractivity contribution in [3.05, 3.63) is 41.2 Å². The Bertz CT molecular complexity index is 981. The van der Waals surface area contributed by atoms with Crippen LogP contribution in [-0.2, 0) is 19.4 Å². The van der Waals surface area contributed by atoms with Crippen LogP contribution in [-0.4, -0.2) is 37.8 Å². The molecule has 1 saturated carbocycles. The zero-order chi connectivity index (χ0) is 21.1. The zero-order valence-corrected chi connectivity index (χ0v) is 18.2. The maximum Gasteiger partial charge on any atom is 0.233 e. The number of aromatic nitrogens is 1. The molecule has 0 radical (unpaired) electrons. The summed E-state index contributed by atoms with van der Waals surface area (Å²) in [6.45, 7) is 1.35. The summed E-state index contributed by atoms with van der Waals surface area (Å²) in [4.78, 5) is 17.2. The van der Waals surface area contributed by atoms with Gasteiger partial charge in [0.2, 0.25) is 5.91 Å². The number of hydrogen-bond acceptors (Lipinski definition) is 6. The van der Waals surface area contributed by atoms with Crippen molar-refractivity contribution in [3.63, 3.8) is 0 Å². The average Bonchev–Trinajstić information content (AvgIpc) is 3.10. The highest BCUT2D eigenvalue weighted by Gasteiger charge is 2.33. The molecule has 1 atom stereocenters. The average molecular weight is 453 g/mol. The third kappa shape index (κ3) is 4.73. The lowest BCUT2D eigenvalue weighted by atomic mass is 9.84. The van der Waals surface area contributed by atoms with Crippen LogP contribution in [0, 0.1) is 11.0 Å². The van der Waals surface area contributed by atoms with E-state index in [-0.39, 0.29) is 16.3 Å². The van der Waals surface area contributed by atoms with Gasteiger partial charge in [0.05, 0.1) is 22.3 Å². The zero-order valence-electron chi connectivity index (χ0n) is 16.6. The minimum atomic E-state index is -3.31. The summed E-state index contributed by atoms with van der Waals surface area (Å²) in [6.07, 6.45) is 5.83. The van der Waals surface area contributed by atoms with Crippen molar-refractivity contribution >= 4 is 32.2 Å². The van der Waals surface area contributed by atoms with Gasteiger partial charge in [0.15, 0.2) is 20.1 Å². The highest BCUT2D eigenvalue weighted by molar-refractivity contribution is 7.92. The van der Waals surface area contributed by atoms with E-state index in [1.807, 2.05) is 0 Å². The van der Waals surface area contributed by atoms with E-state index in [0.29, 0.717) is 43.3 Å². The molecule has 162 valence electrons. The molecular formula is C21H25FN2O4S2. The van der Waals surface area contributed by atoms with Crippen LogP contribution in [0.5, 0.6) is 0 Å². The molecule has 2 heterocycles. The van der Waals surface area contributed by atoms with E-state index in [1.54, 1.807) is 24.3 Å². The normalized spacial score (nSPS) is 19.2. The second kappa shape index (κ2) is 9.11. The van der Waals surface area contributed by atoms with Gasteiger partial charge < -0.3 is 10.1 Å². The maximum atomic E-state index is 13.3. The summed E-state index contributed by atoms with van der Waals surface area (Å²) >= 11 is 0.784. The quantitative estimate of drug-likeness (QED) is 0.682. The summed E-state index contributed by atoms with van der Waals surface area (Å²) < 4.78 is 44.0. The molecule has 1 aromatic heterocycles. The SMILES string of the molecule is O=C(Nc1ncc(F)s1)C(CC1CCOCC1)c1ccc(S(=O)(=O)C2CCC2)cc1. The molecule has 1 aliphatic heterocycles. The number of hydrogen-bond donors (Lipinski definition) is 1. The molecule has 1 aromatic carbocycles. The van der Waals surface area contributed by atoms with Gasteiger partial charge in [0.1, 0.15) is 0 Å². The summed E-state index contributed by atoms with van der Waals surface area (Å²) in [5.74, 6) is -0.396. The molecule has 2 fully saturated rings. The summed E-state index contributed by atoms with van der Waals surface area (Å²) in [5.41, 5.74) is 0.753. The Morgan fingerprint density at radius 2 is 1.90 bits per heavy atom. The van der Waals surface area contributed by atoms with Crippen molar-refractivity contribution in [1.82, 2.24) is 4.98 Å². The van der Waals surface area contributed by atoms with Crippen LogP contribution in [0.4, 0.5) is 9.52 Å². The molecule has 1 N–H and O–H groups in total. The van der Waals surface area contributed by atoms with Crippen LogP contribution in [0.3, 0.4) is 0 Å². The number of amides is 1. The number of nitrogens with zero attached hydrogens (tertiary/aromatic N) is 1. The Balaban J connectivity index is 1.55. The van der Waals surface area contributed by atoms with Crippen LogP contribution in [0.25, 0.3) is 0 Å². The molecular weight excluding hydrogens is 427 g/mol.